The predicted molar refractivity (Wildman–Crippen MR) is 56.9 cm³/mol. The molecule has 0 radical (unpaired) electrons. The van der Waals surface area contributed by atoms with E-state index >= 15 is 0 Å². The van der Waals surface area contributed by atoms with E-state index in [0.717, 1.165) is 0 Å². The highest BCUT2D eigenvalue weighted by atomic mass is 79.9. The largest absolute Gasteiger partial charge is 0.506 e. The smallest absolute Gasteiger partial charge is 0.325 e. The number of rotatable bonds is 3. The molecular weight excluding hydrogens is 266 g/mol. The number of phenols is 1. The molecule has 5 nitrogen and oxygen atoms in total. The molecule has 0 amide bonds. The third-order valence-electron chi connectivity index (χ3n) is 1.90. The van der Waals surface area contributed by atoms with Gasteiger partial charge in [0.05, 0.1) is 11.6 Å². The zero-order valence-electron chi connectivity index (χ0n) is 7.90. The summed E-state index contributed by atoms with van der Waals surface area (Å²) in [5, 5.41) is 18.3. The maximum atomic E-state index is 10.7. The molecule has 1 atom stereocenters. The number of carbonyl (C=O) groups is 1. The summed E-state index contributed by atoms with van der Waals surface area (Å²) in [7, 11) is 1.44. The second kappa shape index (κ2) is 4.50. The summed E-state index contributed by atoms with van der Waals surface area (Å²) in [6, 6.07) is 1.63. The zero-order chi connectivity index (χ0) is 11.6. The van der Waals surface area contributed by atoms with E-state index in [2.05, 4.69) is 15.9 Å². The van der Waals surface area contributed by atoms with E-state index in [1.54, 1.807) is 0 Å². The summed E-state index contributed by atoms with van der Waals surface area (Å²) in [5.74, 6) is -0.984. The van der Waals surface area contributed by atoms with E-state index in [0.29, 0.717) is 10.2 Å². The van der Waals surface area contributed by atoms with Gasteiger partial charge >= 0.3 is 5.97 Å². The van der Waals surface area contributed by atoms with Crippen molar-refractivity contribution in [3.05, 3.63) is 22.2 Å². The molecule has 0 aliphatic rings. The van der Waals surface area contributed by atoms with Crippen LogP contribution in [0.1, 0.15) is 11.6 Å². The van der Waals surface area contributed by atoms with Gasteiger partial charge in [0, 0.05) is 5.56 Å². The summed E-state index contributed by atoms with van der Waals surface area (Å²) in [6.45, 7) is 0. The summed E-state index contributed by atoms with van der Waals surface area (Å²) in [4.78, 5) is 10.7. The van der Waals surface area contributed by atoms with Crippen molar-refractivity contribution in [3.8, 4) is 11.5 Å². The molecule has 6 heteroatoms. The molecule has 0 saturated heterocycles. The number of carboxylic acids is 1. The van der Waals surface area contributed by atoms with Gasteiger partial charge in [0.15, 0.2) is 0 Å². The first-order chi connectivity index (χ1) is 6.97. The van der Waals surface area contributed by atoms with Crippen LogP contribution in [0.3, 0.4) is 0 Å². The average Bonchev–Trinajstić information content (AvgIpc) is 2.20. The normalized spacial score (nSPS) is 12.2. The van der Waals surface area contributed by atoms with Crippen molar-refractivity contribution in [2.45, 2.75) is 6.04 Å². The van der Waals surface area contributed by atoms with Crippen molar-refractivity contribution < 1.29 is 19.7 Å². The molecule has 0 spiro atoms. The van der Waals surface area contributed by atoms with E-state index in [-0.39, 0.29) is 11.3 Å². The SMILES string of the molecule is COc1cc(Br)c(O)c(C(N)C(=O)O)c1. The van der Waals surface area contributed by atoms with Crippen LogP contribution in [0.4, 0.5) is 0 Å². The highest BCUT2D eigenvalue weighted by molar-refractivity contribution is 9.10. The summed E-state index contributed by atoms with van der Waals surface area (Å²) in [5.41, 5.74) is 5.50. The number of phenolic OH excluding ortho intramolecular Hbond substituents is 1. The molecule has 0 fully saturated rings. The number of hydrogen-bond donors (Lipinski definition) is 3. The summed E-state index contributed by atoms with van der Waals surface area (Å²) < 4.78 is 5.27. The van der Waals surface area contributed by atoms with Crippen LogP contribution in [0.5, 0.6) is 11.5 Å². The van der Waals surface area contributed by atoms with Crippen molar-refractivity contribution in [1.29, 1.82) is 0 Å². The fourth-order valence-electron chi connectivity index (χ4n) is 1.08. The maximum absolute atomic E-state index is 10.7. The Bertz CT molecular complexity index is 394. The Balaban J connectivity index is 3.27. The van der Waals surface area contributed by atoms with Crippen molar-refractivity contribution in [2.24, 2.45) is 5.73 Å². The van der Waals surface area contributed by atoms with Crippen LogP contribution in [0.2, 0.25) is 0 Å². The Kier molecular flexibility index (Phi) is 3.54. The van der Waals surface area contributed by atoms with Crippen molar-refractivity contribution in [1.82, 2.24) is 0 Å². The van der Waals surface area contributed by atoms with Gasteiger partial charge in [-0.15, -0.1) is 0 Å². The number of methoxy groups -OCH3 is 1. The van der Waals surface area contributed by atoms with Gasteiger partial charge in [-0.1, -0.05) is 0 Å². The fraction of sp³-hybridized carbons (Fsp3) is 0.222. The lowest BCUT2D eigenvalue weighted by atomic mass is 10.1. The standard InChI is InChI=1S/C9H10BrNO4/c1-15-4-2-5(7(11)9(13)14)8(12)6(10)3-4/h2-3,7,12H,11H2,1H3,(H,13,14). The molecule has 1 aromatic rings. The van der Waals surface area contributed by atoms with Crippen LogP contribution in [0.25, 0.3) is 0 Å². The van der Waals surface area contributed by atoms with Gasteiger partial charge in [-0.05, 0) is 28.1 Å². The van der Waals surface area contributed by atoms with E-state index in [9.17, 15) is 9.90 Å². The second-order valence-electron chi connectivity index (χ2n) is 2.86. The number of aliphatic carboxylic acids is 1. The van der Waals surface area contributed by atoms with Gasteiger partial charge in [0.1, 0.15) is 17.5 Å². The number of nitrogens with two attached hydrogens (primary N) is 1. The molecule has 0 aliphatic carbocycles. The number of carboxylic acid groups (broad SMARTS) is 1. The Morgan fingerprint density at radius 3 is 2.67 bits per heavy atom. The Morgan fingerprint density at radius 2 is 2.20 bits per heavy atom. The van der Waals surface area contributed by atoms with E-state index in [1.807, 2.05) is 0 Å². The average molecular weight is 276 g/mol. The van der Waals surface area contributed by atoms with Crippen LogP contribution in [0.15, 0.2) is 16.6 Å². The molecule has 1 unspecified atom stereocenters. The first kappa shape index (κ1) is 11.8. The van der Waals surface area contributed by atoms with Crippen LogP contribution < -0.4 is 10.5 Å². The third kappa shape index (κ3) is 2.40. The summed E-state index contributed by atoms with van der Waals surface area (Å²) >= 11 is 3.08. The molecule has 0 heterocycles. The third-order valence-corrected chi connectivity index (χ3v) is 2.51. The Hall–Kier alpha value is -1.27. The monoisotopic (exact) mass is 275 g/mol. The quantitative estimate of drug-likeness (QED) is 0.772. The van der Waals surface area contributed by atoms with Gasteiger partial charge in [0.2, 0.25) is 0 Å². The lowest BCUT2D eigenvalue weighted by Crippen LogP contribution is -2.20. The molecule has 0 aromatic heterocycles. The highest BCUT2D eigenvalue weighted by Crippen LogP contribution is 2.35. The van der Waals surface area contributed by atoms with E-state index in [4.69, 9.17) is 15.6 Å². The number of aromatic hydroxyl groups is 1. The molecule has 15 heavy (non-hydrogen) atoms. The minimum atomic E-state index is -1.28. The zero-order valence-corrected chi connectivity index (χ0v) is 9.48. The molecule has 0 aliphatic heterocycles. The fourth-order valence-corrected chi connectivity index (χ4v) is 1.54. The van der Waals surface area contributed by atoms with Crippen molar-refractivity contribution in [2.75, 3.05) is 7.11 Å². The van der Waals surface area contributed by atoms with Gasteiger partial charge in [-0.25, -0.2) is 0 Å². The van der Waals surface area contributed by atoms with Gasteiger partial charge in [-0.2, -0.15) is 0 Å². The van der Waals surface area contributed by atoms with Gasteiger partial charge in [-0.3, -0.25) is 4.79 Å². The van der Waals surface area contributed by atoms with Crippen LogP contribution in [-0.2, 0) is 4.79 Å². The first-order valence-electron chi connectivity index (χ1n) is 4.02. The van der Waals surface area contributed by atoms with E-state index < -0.39 is 12.0 Å². The lowest BCUT2D eigenvalue weighted by molar-refractivity contribution is -0.138. The highest BCUT2D eigenvalue weighted by Gasteiger charge is 2.20. The number of hydrogen-bond acceptors (Lipinski definition) is 4. The maximum Gasteiger partial charge on any atom is 0.325 e. The van der Waals surface area contributed by atoms with E-state index in [1.165, 1.54) is 19.2 Å². The van der Waals surface area contributed by atoms with Crippen LogP contribution in [0, 0.1) is 0 Å². The molecule has 0 saturated carbocycles. The molecule has 1 rings (SSSR count). The second-order valence-corrected chi connectivity index (χ2v) is 3.72. The predicted octanol–water partition coefficient (Wildman–Crippen LogP) is 1.25. The molecule has 4 N–H and O–H groups in total. The van der Waals surface area contributed by atoms with Crippen LogP contribution in [-0.4, -0.2) is 23.3 Å². The topological polar surface area (TPSA) is 92.8 Å². The van der Waals surface area contributed by atoms with Gasteiger partial charge < -0.3 is 20.7 Å². The summed E-state index contributed by atoms with van der Waals surface area (Å²) in [6.07, 6.45) is 0. The van der Waals surface area contributed by atoms with Gasteiger partial charge in [0.25, 0.3) is 0 Å². The first-order valence-corrected chi connectivity index (χ1v) is 4.81. The minimum absolute atomic E-state index is 0.105. The Labute approximate surface area is 94.6 Å². The molecule has 1 aromatic carbocycles. The Morgan fingerprint density at radius 1 is 1.60 bits per heavy atom. The van der Waals surface area contributed by atoms with Crippen molar-refractivity contribution >= 4 is 21.9 Å². The molecule has 82 valence electrons. The van der Waals surface area contributed by atoms with Crippen molar-refractivity contribution in [3.63, 3.8) is 0 Å². The van der Waals surface area contributed by atoms with Crippen LogP contribution >= 0.6 is 15.9 Å². The number of benzene rings is 1. The molecule has 0 bridgehead atoms. The lowest BCUT2D eigenvalue weighted by Gasteiger charge is -2.12. The number of ether oxygens (including phenoxy) is 1. The number of halogens is 1. The molecular formula is C9H10BrNO4. The minimum Gasteiger partial charge on any atom is -0.506 e.